The summed E-state index contributed by atoms with van der Waals surface area (Å²) in [5.74, 6) is -0.597. The van der Waals surface area contributed by atoms with Crippen LogP contribution in [-0.4, -0.2) is 33.2 Å². The zero-order valence-electron chi connectivity index (χ0n) is 11.7. The van der Waals surface area contributed by atoms with E-state index in [4.69, 9.17) is 0 Å². The average Bonchev–Trinajstić information content (AvgIpc) is 3.00. The summed E-state index contributed by atoms with van der Waals surface area (Å²) in [4.78, 5) is 13.7. The second-order valence-corrected chi connectivity index (χ2v) is 5.91. The Morgan fingerprint density at radius 3 is 2.75 bits per heavy atom. The minimum Gasteiger partial charge on any atom is -0.508 e. The summed E-state index contributed by atoms with van der Waals surface area (Å²) in [6.07, 6.45) is 3.69. The number of benzene rings is 1. The molecule has 2 saturated heterocycles. The van der Waals surface area contributed by atoms with Gasteiger partial charge in [0.05, 0.1) is 5.92 Å². The third kappa shape index (κ3) is 1.99. The topological polar surface area (TPSA) is 60.8 Å². The highest BCUT2D eigenvalue weighted by atomic mass is 16.4. The monoisotopic (exact) mass is 275 g/mol. The minimum atomic E-state index is -0.672. The van der Waals surface area contributed by atoms with Crippen LogP contribution in [0.1, 0.15) is 44.2 Å². The maximum absolute atomic E-state index is 11.4. The first-order chi connectivity index (χ1) is 9.63. The minimum absolute atomic E-state index is 0.123. The third-order valence-electron chi connectivity index (χ3n) is 4.95. The van der Waals surface area contributed by atoms with E-state index in [1.54, 1.807) is 6.07 Å². The molecule has 2 aliphatic rings. The van der Waals surface area contributed by atoms with Crippen molar-refractivity contribution in [3.63, 3.8) is 0 Å². The molecule has 2 heterocycles. The van der Waals surface area contributed by atoms with Gasteiger partial charge in [0.1, 0.15) is 5.75 Å². The van der Waals surface area contributed by atoms with Crippen LogP contribution in [0.5, 0.6) is 5.75 Å². The zero-order chi connectivity index (χ0) is 14.3. The predicted octanol–water partition coefficient (Wildman–Crippen LogP) is 2.78. The largest absolute Gasteiger partial charge is 0.508 e. The van der Waals surface area contributed by atoms with E-state index in [9.17, 15) is 15.0 Å². The van der Waals surface area contributed by atoms with Crippen molar-refractivity contribution in [3.05, 3.63) is 29.8 Å². The SMILES string of the molecule is CCC(c1ccccc1O)N1C2CCC1C(C(=O)O)C2. The lowest BCUT2D eigenvalue weighted by Crippen LogP contribution is -2.36. The number of rotatable bonds is 4. The lowest BCUT2D eigenvalue weighted by atomic mass is 9.89. The fourth-order valence-corrected chi connectivity index (χ4v) is 4.14. The van der Waals surface area contributed by atoms with Gasteiger partial charge >= 0.3 is 5.97 Å². The van der Waals surface area contributed by atoms with Crippen molar-refractivity contribution in [2.75, 3.05) is 0 Å². The van der Waals surface area contributed by atoms with Gasteiger partial charge in [-0.15, -0.1) is 0 Å². The Labute approximate surface area is 119 Å². The number of aromatic hydroxyl groups is 1. The Balaban J connectivity index is 1.92. The molecule has 4 heteroatoms. The summed E-state index contributed by atoms with van der Waals surface area (Å²) in [5, 5.41) is 19.5. The molecule has 0 radical (unpaired) electrons. The highest BCUT2D eigenvalue weighted by Crippen LogP contribution is 2.48. The van der Waals surface area contributed by atoms with Gasteiger partial charge in [0.15, 0.2) is 0 Å². The van der Waals surface area contributed by atoms with Crippen LogP contribution in [0.4, 0.5) is 0 Å². The molecular weight excluding hydrogens is 254 g/mol. The molecule has 1 aromatic carbocycles. The number of phenols is 1. The van der Waals surface area contributed by atoms with E-state index >= 15 is 0 Å². The lowest BCUT2D eigenvalue weighted by molar-refractivity contribution is -0.142. The molecule has 2 fully saturated rings. The summed E-state index contributed by atoms with van der Waals surface area (Å²) < 4.78 is 0. The Bertz CT molecular complexity index is 516. The summed E-state index contributed by atoms with van der Waals surface area (Å²) in [6, 6.07) is 8.03. The van der Waals surface area contributed by atoms with Crippen molar-refractivity contribution in [2.45, 2.75) is 50.7 Å². The summed E-state index contributed by atoms with van der Waals surface area (Å²) in [6.45, 7) is 2.10. The van der Waals surface area contributed by atoms with Crippen LogP contribution in [0, 0.1) is 5.92 Å². The van der Waals surface area contributed by atoms with E-state index in [-0.39, 0.29) is 18.0 Å². The van der Waals surface area contributed by atoms with Gasteiger partial charge < -0.3 is 10.2 Å². The normalized spacial score (nSPS) is 30.6. The van der Waals surface area contributed by atoms with E-state index in [1.807, 2.05) is 18.2 Å². The number of fused-ring (bicyclic) bond motifs is 2. The second-order valence-electron chi connectivity index (χ2n) is 5.91. The van der Waals surface area contributed by atoms with Crippen molar-refractivity contribution < 1.29 is 15.0 Å². The molecule has 2 aliphatic heterocycles. The van der Waals surface area contributed by atoms with Crippen LogP contribution in [-0.2, 0) is 4.79 Å². The van der Waals surface area contributed by atoms with Crippen molar-refractivity contribution in [3.8, 4) is 5.75 Å². The Hall–Kier alpha value is -1.55. The van der Waals surface area contributed by atoms with Crippen LogP contribution in [0.25, 0.3) is 0 Å². The van der Waals surface area contributed by atoms with Crippen LogP contribution in [0.2, 0.25) is 0 Å². The predicted molar refractivity (Wildman–Crippen MR) is 75.5 cm³/mol. The van der Waals surface area contributed by atoms with Gasteiger partial charge in [-0.2, -0.15) is 0 Å². The van der Waals surface area contributed by atoms with Crippen LogP contribution in [0.3, 0.4) is 0 Å². The van der Waals surface area contributed by atoms with Crippen molar-refractivity contribution in [1.82, 2.24) is 4.90 Å². The fourth-order valence-electron chi connectivity index (χ4n) is 4.14. The number of carboxylic acids is 1. The zero-order valence-corrected chi connectivity index (χ0v) is 11.7. The number of phenolic OH excluding ortho intramolecular Hbond substituents is 1. The maximum atomic E-state index is 11.4. The Morgan fingerprint density at radius 2 is 2.15 bits per heavy atom. The average molecular weight is 275 g/mol. The first-order valence-corrected chi connectivity index (χ1v) is 7.41. The van der Waals surface area contributed by atoms with Gasteiger partial charge in [-0.05, 0) is 31.7 Å². The first-order valence-electron chi connectivity index (χ1n) is 7.41. The van der Waals surface area contributed by atoms with E-state index in [0.29, 0.717) is 11.8 Å². The Kier molecular flexibility index (Phi) is 3.42. The van der Waals surface area contributed by atoms with Crippen molar-refractivity contribution in [2.24, 2.45) is 5.92 Å². The molecule has 0 aliphatic carbocycles. The summed E-state index contributed by atoms with van der Waals surface area (Å²) in [7, 11) is 0. The first kappa shape index (κ1) is 13.4. The van der Waals surface area contributed by atoms with Crippen LogP contribution in [0.15, 0.2) is 24.3 Å². The van der Waals surface area contributed by atoms with Gasteiger partial charge in [0.2, 0.25) is 0 Å². The quantitative estimate of drug-likeness (QED) is 0.887. The molecule has 0 amide bonds. The molecule has 3 rings (SSSR count). The summed E-state index contributed by atoms with van der Waals surface area (Å²) in [5.41, 5.74) is 0.929. The van der Waals surface area contributed by atoms with E-state index in [1.165, 1.54) is 0 Å². The third-order valence-corrected chi connectivity index (χ3v) is 4.95. The molecule has 2 bridgehead atoms. The van der Waals surface area contributed by atoms with Crippen LogP contribution < -0.4 is 0 Å². The number of carboxylic acid groups (broad SMARTS) is 1. The smallest absolute Gasteiger partial charge is 0.308 e. The van der Waals surface area contributed by atoms with E-state index < -0.39 is 5.97 Å². The van der Waals surface area contributed by atoms with Gasteiger partial charge in [-0.25, -0.2) is 0 Å². The lowest BCUT2D eigenvalue weighted by Gasteiger charge is -2.32. The number of aliphatic carboxylic acids is 1. The van der Waals surface area contributed by atoms with Gasteiger partial charge in [-0.3, -0.25) is 9.69 Å². The standard InChI is InChI=1S/C16H21NO3/c1-2-13(11-5-3-4-6-15(11)18)17-10-7-8-14(17)12(9-10)16(19)20/h3-6,10,12-14,18H,2,7-9H2,1H3,(H,19,20). The number of hydrogen-bond acceptors (Lipinski definition) is 3. The molecule has 4 unspecified atom stereocenters. The molecule has 0 aromatic heterocycles. The highest BCUT2D eigenvalue weighted by molar-refractivity contribution is 5.71. The second kappa shape index (κ2) is 5.09. The summed E-state index contributed by atoms with van der Waals surface area (Å²) >= 11 is 0. The maximum Gasteiger partial charge on any atom is 0.308 e. The van der Waals surface area contributed by atoms with Crippen LogP contribution >= 0.6 is 0 Å². The molecular formula is C16H21NO3. The molecule has 1 aromatic rings. The van der Waals surface area contributed by atoms with Crippen molar-refractivity contribution in [1.29, 1.82) is 0 Å². The van der Waals surface area contributed by atoms with Crippen molar-refractivity contribution >= 4 is 5.97 Å². The van der Waals surface area contributed by atoms with E-state index in [0.717, 1.165) is 31.2 Å². The van der Waals surface area contributed by atoms with Gasteiger partial charge in [-0.1, -0.05) is 25.1 Å². The number of nitrogens with zero attached hydrogens (tertiary/aromatic N) is 1. The molecule has 20 heavy (non-hydrogen) atoms. The highest BCUT2D eigenvalue weighted by Gasteiger charge is 2.51. The van der Waals surface area contributed by atoms with E-state index in [2.05, 4.69) is 11.8 Å². The number of carbonyl (C=O) groups is 1. The molecule has 2 N–H and O–H groups in total. The van der Waals surface area contributed by atoms with Gasteiger partial charge in [0, 0.05) is 23.7 Å². The molecule has 0 spiro atoms. The molecule has 4 atom stereocenters. The molecule has 0 saturated carbocycles. The number of para-hydroxylation sites is 1. The molecule has 108 valence electrons. The van der Waals surface area contributed by atoms with Gasteiger partial charge in [0.25, 0.3) is 0 Å². The Morgan fingerprint density at radius 1 is 1.40 bits per heavy atom. The number of hydrogen-bond donors (Lipinski definition) is 2. The fraction of sp³-hybridized carbons (Fsp3) is 0.562. The molecule has 4 nitrogen and oxygen atoms in total.